The van der Waals surface area contributed by atoms with E-state index in [0.29, 0.717) is 6.54 Å². The predicted octanol–water partition coefficient (Wildman–Crippen LogP) is 5.47. The molecule has 0 aliphatic rings. The van der Waals surface area contributed by atoms with Crippen molar-refractivity contribution in [1.82, 2.24) is 5.48 Å². The molecule has 0 saturated carbocycles. The zero-order valence-electron chi connectivity index (χ0n) is 14.2. The van der Waals surface area contributed by atoms with Gasteiger partial charge >= 0.3 is 0 Å². The molecule has 0 spiro atoms. The highest BCUT2D eigenvalue weighted by atomic mass is 16.5. The molecule has 0 radical (unpaired) electrons. The van der Waals surface area contributed by atoms with Crippen LogP contribution < -0.4 is 10.2 Å². The van der Waals surface area contributed by atoms with Crippen LogP contribution in [0.15, 0.2) is 24.3 Å². The van der Waals surface area contributed by atoms with Crippen LogP contribution in [0.2, 0.25) is 0 Å². The molecule has 1 aromatic rings. The first-order valence-corrected chi connectivity index (χ1v) is 8.95. The lowest BCUT2D eigenvalue weighted by molar-refractivity contribution is 0.161. The molecule has 0 unspecified atom stereocenters. The fourth-order valence-electron chi connectivity index (χ4n) is 2.57. The molecule has 0 bridgehead atoms. The third-order valence-electron chi connectivity index (χ3n) is 3.97. The van der Waals surface area contributed by atoms with Crippen molar-refractivity contribution in [2.75, 3.05) is 6.61 Å². The summed E-state index contributed by atoms with van der Waals surface area (Å²) in [5.74, 6) is 0.914. The number of hydroxylamine groups is 1. The van der Waals surface area contributed by atoms with Crippen LogP contribution >= 0.6 is 0 Å². The van der Waals surface area contributed by atoms with E-state index in [0.717, 1.165) is 24.3 Å². The van der Waals surface area contributed by atoms with Gasteiger partial charge in [0.1, 0.15) is 5.75 Å². The molecule has 22 heavy (non-hydrogen) atoms. The SMILES string of the molecule is CCCCCCCCCCCCOc1ccc(CNO)cc1. The Balaban J connectivity index is 1.90. The fraction of sp³-hybridized carbons (Fsp3) is 0.684. The molecule has 2 N–H and O–H groups in total. The van der Waals surface area contributed by atoms with Crippen LogP contribution in [0.3, 0.4) is 0 Å². The lowest BCUT2D eigenvalue weighted by Gasteiger charge is -2.07. The number of rotatable bonds is 14. The van der Waals surface area contributed by atoms with Gasteiger partial charge in [0, 0.05) is 6.54 Å². The van der Waals surface area contributed by atoms with Gasteiger partial charge in [-0.15, -0.1) is 0 Å². The molecule has 0 aromatic heterocycles. The summed E-state index contributed by atoms with van der Waals surface area (Å²) in [7, 11) is 0. The van der Waals surface area contributed by atoms with E-state index in [1.165, 1.54) is 57.8 Å². The molecule has 126 valence electrons. The van der Waals surface area contributed by atoms with E-state index in [4.69, 9.17) is 9.94 Å². The third-order valence-corrected chi connectivity index (χ3v) is 3.97. The Labute approximate surface area is 136 Å². The summed E-state index contributed by atoms with van der Waals surface area (Å²) in [6, 6.07) is 7.86. The highest BCUT2D eigenvalue weighted by molar-refractivity contribution is 5.27. The second-order valence-corrected chi connectivity index (χ2v) is 6.01. The van der Waals surface area contributed by atoms with Crippen LogP contribution in [0.4, 0.5) is 0 Å². The van der Waals surface area contributed by atoms with Gasteiger partial charge in [0.2, 0.25) is 0 Å². The zero-order valence-corrected chi connectivity index (χ0v) is 14.2. The Morgan fingerprint density at radius 2 is 1.36 bits per heavy atom. The van der Waals surface area contributed by atoms with Gasteiger partial charge < -0.3 is 9.94 Å². The van der Waals surface area contributed by atoms with E-state index >= 15 is 0 Å². The number of unbranched alkanes of at least 4 members (excludes halogenated alkanes) is 9. The number of ether oxygens (including phenoxy) is 1. The standard InChI is InChI=1S/C19H33NO2/c1-2-3-4-5-6-7-8-9-10-11-16-22-19-14-12-18(13-15-19)17-20-21/h12-15,20-21H,2-11,16-17H2,1H3. The first-order chi connectivity index (χ1) is 10.9. The Morgan fingerprint density at radius 3 is 1.91 bits per heavy atom. The first-order valence-electron chi connectivity index (χ1n) is 8.95. The molecule has 0 aliphatic carbocycles. The number of benzene rings is 1. The quantitative estimate of drug-likeness (QED) is 0.354. The average molecular weight is 307 g/mol. The second-order valence-electron chi connectivity index (χ2n) is 6.01. The van der Waals surface area contributed by atoms with Gasteiger partial charge in [0.25, 0.3) is 0 Å². The third kappa shape index (κ3) is 9.80. The minimum Gasteiger partial charge on any atom is -0.494 e. The number of hydrogen-bond acceptors (Lipinski definition) is 3. The lowest BCUT2D eigenvalue weighted by Crippen LogP contribution is -2.05. The van der Waals surface area contributed by atoms with Gasteiger partial charge in [-0.3, -0.25) is 0 Å². The maximum absolute atomic E-state index is 8.62. The van der Waals surface area contributed by atoms with E-state index in [2.05, 4.69) is 12.4 Å². The Bertz CT molecular complexity index is 351. The van der Waals surface area contributed by atoms with Gasteiger partial charge in [-0.1, -0.05) is 76.8 Å². The molecule has 3 nitrogen and oxygen atoms in total. The van der Waals surface area contributed by atoms with Crippen LogP contribution in [0, 0.1) is 0 Å². The topological polar surface area (TPSA) is 41.5 Å². The van der Waals surface area contributed by atoms with Crippen molar-refractivity contribution in [3.8, 4) is 5.75 Å². The maximum Gasteiger partial charge on any atom is 0.119 e. The number of nitrogens with one attached hydrogen (secondary N) is 1. The minimum atomic E-state index is 0.471. The smallest absolute Gasteiger partial charge is 0.119 e. The molecule has 0 fully saturated rings. The molecule has 0 heterocycles. The van der Waals surface area contributed by atoms with Crippen LogP contribution in [-0.4, -0.2) is 11.8 Å². The van der Waals surface area contributed by atoms with Crippen LogP contribution in [0.5, 0.6) is 5.75 Å². The van der Waals surface area contributed by atoms with E-state index < -0.39 is 0 Å². The molecule has 0 saturated heterocycles. The number of hydrogen-bond donors (Lipinski definition) is 2. The lowest BCUT2D eigenvalue weighted by atomic mass is 10.1. The summed E-state index contributed by atoms with van der Waals surface area (Å²) in [5, 5.41) is 8.62. The molecule has 0 amide bonds. The van der Waals surface area contributed by atoms with Gasteiger partial charge in [-0.25, -0.2) is 5.48 Å². The van der Waals surface area contributed by atoms with Gasteiger partial charge in [-0.05, 0) is 24.1 Å². The van der Waals surface area contributed by atoms with Crippen molar-refractivity contribution < 1.29 is 9.94 Å². The minimum absolute atomic E-state index is 0.471. The van der Waals surface area contributed by atoms with Gasteiger partial charge in [0.15, 0.2) is 0 Å². The first kappa shape index (κ1) is 19.0. The largest absolute Gasteiger partial charge is 0.494 e. The Hall–Kier alpha value is -1.06. The summed E-state index contributed by atoms with van der Waals surface area (Å²) in [4.78, 5) is 0. The summed E-state index contributed by atoms with van der Waals surface area (Å²) < 4.78 is 5.73. The highest BCUT2D eigenvalue weighted by Crippen LogP contribution is 2.14. The second kappa shape index (κ2) is 13.6. The molecule has 0 atom stereocenters. The summed E-state index contributed by atoms with van der Waals surface area (Å²) in [5.41, 5.74) is 3.20. The molecule has 3 heteroatoms. The van der Waals surface area contributed by atoms with E-state index in [9.17, 15) is 0 Å². The van der Waals surface area contributed by atoms with Gasteiger partial charge in [-0.2, -0.15) is 0 Å². The Kier molecular flexibility index (Phi) is 11.7. The molecular formula is C19H33NO2. The van der Waals surface area contributed by atoms with Gasteiger partial charge in [0.05, 0.1) is 6.61 Å². The monoisotopic (exact) mass is 307 g/mol. The highest BCUT2D eigenvalue weighted by Gasteiger charge is 1.96. The predicted molar refractivity (Wildman–Crippen MR) is 92.4 cm³/mol. The average Bonchev–Trinajstić information content (AvgIpc) is 2.54. The van der Waals surface area contributed by atoms with Crippen LogP contribution in [0.25, 0.3) is 0 Å². The maximum atomic E-state index is 8.62. The van der Waals surface area contributed by atoms with Crippen molar-refractivity contribution in [2.24, 2.45) is 0 Å². The van der Waals surface area contributed by atoms with E-state index in [1.807, 2.05) is 24.3 Å². The fourth-order valence-corrected chi connectivity index (χ4v) is 2.57. The molecular weight excluding hydrogens is 274 g/mol. The van der Waals surface area contributed by atoms with E-state index in [-0.39, 0.29) is 0 Å². The molecule has 1 aromatic carbocycles. The van der Waals surface area contributed by atoms with Crippen LogP contribution in [-0.2, 0) is 6.54 Å². The normalized spacial score (nSPS) is 10.8. The van der Waals surface area contributed by atoms with E-state index in [1.54, 1.807) is 0 Å². The van der Waals surface area contributed by atoms with Crippen molar-refractivity contribution in [2.45, 2.75) is 77.7 Å². The summed E-state index contributed by atoms with van der Waals surface area (Å²) in [6.07, 6.45) is 13.5. The summed E-state index contributed by atoms with van der Waals surface area (Å²) in [6.45, 7) is 3.54. The van der Waals surface area contributed by atoms with Crippen molar-refractivity contribution in [3.63, 3.8) is 0 Å². The zero-order chi connectivity index (χ0) is 15.9. The molecule has 0 aliphatic heterocycles. The Morgan fingerprint density at radius 1 is 0.818 bits per heavy atom. The van der Waals surface area contributed by atoms with Crippen molar-refractivity contribution in [3.05, 3.63) is 29.8 Å². The summed E-state index contributed by atoms with van der Waals surface area (Å²) >= 11 is 0. The van der Waals surface area contributed by atoms with Crippen molar-refractivity contribution >= 4 is 0 Å². The van der Waals surface area contributed by atoms with Crippen LogP contribution in [0.1, 0.15) is 76.7 Å². The van der Waals surface area contributed by atoms with Crippen molar-refractivity contribution in [1.29, 1.82) is 0 Å². The molecule has 1 rings (SSSR count).